The van der Waals surface area contributed by atoms with Crippen LogP contribution in [-0.4, -0.2) is 19.1 Å². The number of amides is 2. The lowest BCUT2D eigenvalue weighted by atomic mass is 10.1. The first-order chi connectivity index (χ1) is 6.79. The van der Waals surface area contributed by atoms with Gasteiger partial charge in [-0.1, -0.05) is 24.3 Å². The third-order valence-corrected chi connectivity index (χ3v) is 2.61. The van der Waals surface area contributed by atoms with Crippen molar-refractivity contribution in [3.05, 3.63) is 35.4 Å². The predicted octanol–water partition coefficient (Wildman–Crippen LogP) is 1.08. The number of hydrogen-bond donors (Lipinski definition) is 2. The maximum absolute atomic E-state index is 11.1. The van der Waals surface area contributed by atoms with Crippen molar-refractivity contribution >= 4 is 6.03 Å². The molecule has 0 saturated heterocycles. The van der Waals surface area contributed by atoms with Gasteiger partial charge in [0.15, 0.2) is 0 Å². The van der Waals surface area contributed by atoms with Gasteiger partial charge in [-0.3, -0.25) is 0 Å². The van der Waals surface area contributed by atoms with Gasteiger partial charge >= 0.3 is 6.03 Å². The highest BCUT2D eigenvalue weighted by atomic mass is 16.2. The second-order valence-electron chi connectivity index (χ2n) is 3.60. The van der Waals surface area contributed by atoms with Crippen molar-refractivity contribution in [2.45, 2.75) is 18.9 Å². The summed E-state index contributed by atoms with van der Waals surface area (Å²) >= 11 is 0. The Labute approximate surface area is 83.5 Å². The molecule has 2 N–H and O–H groups in total. The summed E-state index contributed by atoms with van der Waals surface area (Å²) in [4.78, 5) is 11.1. The fraction of sp³-hybridized carbons (Fsp3) is 0.364. The van der Waals surface area contributed by atoms with Crippen LogP contribution in [0.4, 0.5) is 4.79 Å². The molecule has 0 radical (unpaired) electrons. The van der Waals surface area contributed by atoms with Gasteiger partial charge in [0, 0.05) is 13.1 Å². The summed E-state index contributed by atoms with van der Waals surface area (Å²) in [7, 11) is 1.64. The molecule has 0 aliphatic heterocycles. The van der Waals surface area contributed by atoms with Crippen LogP contribution in [0.3, 0.4) is 0 Å². The molecule has 2 amide bonds. The van der Waals surface area contributed by atoms with Crippen LogP contribution in [-0.2, 0) is 12.8 Å². The number of urea groups is 1. The topological polar surface area (TPSA) is 41.1 Å². The summed E-state index contributed by atoms with van der Waals surface area (Å²) in [5.74, 6) is 0. The summed E-state index contributed by atoms with van der Waals surface area (Å²) < 4.78 is 0. The second-order valence-corrected chi connectivity index (χ2v) is 3.60. The maximum atomic E-state index is 11.1. The second kappa shape index (κ2) is 3.70. The summed E-state index contributed by atoms with van der Waals surface area (Å²) in [6.07, 6.45) is 1.90. The Kier molecular flexibility index (Phi) is 2.39. The lowest BCUT2D eigenvalue weighted by molar-refractivity contribution is 0.239. The molecule has 0 fully saturated rings. The zero-order valence-corrected chi connectivity index (χ0v) is 8.21. The van der Waals surface area contributed by atoms with Crippen molar-refractivity contribution in [3.63, 3.8) is 0 Å². The smallest absolute Gasteiger partial charge is 0.314 e. The van der Waals surface area contributed by atoms with E-state index in [1.165, 1.54) is 11.1 Å². The van der Waals surface area contributed by atoms with Gasteiger partial charge in [0.2, 0.25) is 0 Å². The minimum Gasteiger partial charge on any atom is -0.341 e. The van der Waals surface area contributed by atoms with Gasteiger partial charge in [-0.2, -0.15) is 0 Å². The first kappa shape index (κ1) is 9.06. The number of nitrogens with one attached hydrogen (secondary N) is 2. The van der Waals surface area contributed by atoms with Crippen LogP contribution in [0.1, 0.15) is 11.1 Å². The van der Waals surface area contributed by atoms with Crippen LogP contribution < -0.4 is 10.6 Å². The highest BCUT2D eigenvalue weighted by molar-refractivity contribution is 5.74. The van der Waals surface area contributed by atoms with Gasteiger partial charge in [0.05, 0.1) is 0 Å². The van der Waals surface area contributed by atoms with E-state index in [0.29, 0.717) is 0 Å². The molecule has 3 nitrogen and oxygen atoms in total. The number of hydrogen-bond acceptors (Lipinski definition) is 1. The first-order valence-corrected chi connectivity index (χ1v) is 4.84. The van der Waals surface area contributed by atoms with Gasteiger partial charge in [0.1, 0.15) is 0 Å². The predicted molar refractivity (Wildman–Crippen MR) is 55.2 cm³/mol. The third kappa shape index (κ3) is 1.71. The third-order valence-electron chi connectivity index (χ3n) is 2.61. The summed E-state index contributed by atoms with van der Waals surface area (Å²) in [5.41, 5.74) is 2.71. The average Bonchev–Trinajstić information content (AvgIpc) is 2.59. The van der Waals surface area contributed by atoms with E-state index in [2.05, 4.69) is 22.8 Å². The van der Waals surface area contributed by atoms with Gasteiger partial charge in [-0.25, -0.2) is 4.79 Å². The molecular formula is C11H14N2O. The van der Waals surface area contributed by atoms with Crippen molar-refractivity contribution in [3.8, 4) is 0 Å². The number of carbonyl (C=O) groups is 1. The Bertz CT molecular complexity index is 324. The molecule has 0 spiro atoms. The van der Waals surface area contributed by atoms with E-state index in [4.69, 9.17) is 0 Å². The van der Waals surface area contributed by atoms with Crippen molar-refractivity contribution in [1.29, 1.82) is 0 Å². The van der Waals surface area contributed by atoms with Gasteiger partial charge in [-0.15, -0.1) is 0 Å². The quantitative estimate of drug-likeness (QED) is 0.683. The summed E-state index contributed by atoms with van der Waals surface area (Å²) in [6, 6.07) is 8.50. The molecule has 1 aromatic carbocycles. The standard InChI is InChI=1S/C11H14N2O/c1-12-11(14)13-10-6-8-4-2-3-5-9(8)7-10/h2-5,10H,6-7H2,1H3,(H2,12,13,14). The molecule has 1 aliphatic carbocycles. The fourth-order valence-corrected chi connectivity index (χ4v) is 1.92. The van der Waals surface area contributed by atoms with Crippen LogP contribution in [0.25, 0.3) is 0 Å². The van der Waals surface area contributed by atoms with Gasteiger partial charge in [-0.05, 0) is 24.0 Å². The lowest BCUT2D eigenvalue weighted by Gasteiger charge is -2.10. The van der Waals surface area contributed by atoms with Gasteiger partial charge in [0.25, 0.3) is 0 Å². The SMILES string of the molecule is CNC(=O)NC1Cc2ccccc2C1. The Morgan fingerprint density at radius 2 is 1.86 bits per heavy atom. The largest absolute Gasteiger partial charge is 0.341 e. The van der Waals surface area contributed by atoms with Gasteiger partial charge < -0.3 is 10.6 Å². The number of rotatable bonds is 1. The molecule has 0 heterocycles. The zero-order valence-electron chi connectivity index (χ0n) is 8.21. The van der Waals surface area contributed by atoms with E-state index in [1.54, 1.807) is 7.05 Å². The Hall–Kier alpha value is -1.51. The first-order valence-electron chi connectivity index (χ1n) is 4.84. The zero-order chi connectivity index (χ0) is 9.97. The van der Waals surface area contributed by atoms with E-state index in [-0.39, 0.29) is 12.1 Å². The van der Waals surface area contributed by atoms with E-state index in [9.17, 15) is 4.79 Å². The molecule has 1 aromatic rings. The monoisotopic (exact) mass is 190 g/mol. The molecule has 1 aliphatic rings. The molecule has 0 atom stereocenters. The van der Waals surface area contributed by atoms with E-state index >= 15 is 0 Å². The van der Waals surface area contributed by atoms with Crippen LogP contribution in [0.15, 0.2) is 24.3 Å². The molecular weight excluding hydrogens is 176 g/mol. The Morgan fingerprint density at radius 1 is 1.29 bits per heavy atom. The van der Waals surface area contributed by atoms with E-state index in [1.807, 2.05) is 12.1 Å². The van der Waals surface area contributed by atoms with Crippen molar-refractivity contribution in [2.24, 2.45) is 0 Å². The van der Waals surface area contributed by atoms with Crippen molar-refractivity contribution in [1.82, 2.24) is 10.6 Å². The lowest BCUT2D eigenvalue weighted by Crippen LogP contribution is -2.40. The Morgan fingerprint density at radius 3 is 2.36 bits per heavy atom. The maximum Gasteiger partial charge on any atom is 0.314 e. The molecule has 0 bridgehead atoms. The molecule has 0 unspecified atom stereocenters. The molecule has 0 aromatic heterocycles. The molecule has 2 rings (SSSR count). The normalized spacial score (nSPS) is 14.9. The molecule has 3 heteroatoms. The number of benzene rings is 1. The molecule has 74 valence electrons. The summed E-state index contributed by atoms with van der Waals surface area (Å²) in [5, 5.41) is 5.49. The van der Waals surface area contributed by atoms with Crippen molar-refractivity contribution < 1.29 is 4.79 Å². The Balaban J connectivity index is 2.01. The molecule has 0 saturated carbocycles. The highest BCUT2D eigenvalue weighted by Crippen LogP contribution is 2.21. The number of carbonyl (C=O) groups excluding carboxylic acids is 1. The summed E-state index contributed by atoms with van der Waals surface area (Å²) in [6.45, 7) is 0. The molecule has 14 heavy (non-hydrogen) atoms. The average molecular weight is 190 g/mol. The fourth-order valence-electron chi connectivity index (χ4n) is 1.92. The minimum atomic E-state index is -0.0946. The van der Waals surface area contributed by atoms with Crippen LogP contribution >= 0.6 is 0 Å². The van der Waals surface area contributed by atoms with Crippen LogP contribution in [0.5, 0.6) is 0 Å². The minimum absolute atomic E-state index is 0.0946. The van der Waals surface area contributed by atoms with E-state index in [0.717, 1.165) is 12.8 Å². The highest BCUT2D eigenvalue weighted by Gasteiger charge is 2.21. The van der Waals surface area contributed by atoms with Crippen molar-refractivity contribution in [2.75, 3.05) is 7.05 Å². The van der Waals surface area contributed by atoms with Crippen LogP contribution in [0.2, 0.25) is 0 Å². The van der Waals surface area contributed by atoms with Crippen LogP contribution in [0, 0.1) is 0 Å². The number of fused-ring (bicyclic) bond motifs is 1. The van der Waals surface area contributed by atoms with E-state index < -0.39 is 0 Å².